The minimum absolute atomic E-state index is 1.04. The lowest BCUT2D eigenvalue weighted by atomic mass is 10.0. The first-order valence-electron chi connectivity index (χ1n) is 8.73. The lowest BCUT2D eigenvalue weighted by Crippen LogP contribution is -1.98. The maximum absolute atomic E-state index is 3.60. The quantitative estimate of drug-likeness (QED) is 0.417. The normalized spacial score (nSPS) is 10.3. The summed E-state index contributed by atoms with van der Waals surface area (Å²) in [5, 5.41) is 7.09. The molecule has 0 aromatic heterocycles. The Morgan fingerprint density at radius 2 is 0.885 bits per heavy atom. The molecule has 0 saturated heterocycles. The van der Waals surface area contributed by atoms with E-state index < -0.39 is 0 Å². The molecule has 4 aromatic carbocycles. The van der Waals surface area contributed by atoms with E-state index >= 15 is 0 Å². The molecule has 126 valence electrons. The van der Waals surface area contributed by atoms with Crippen LogP contribution in [0.25, 0.3) is 11.1 Å². The number of hydrogen-bond donors (Lipinski definition) is 2. The van der Waals surface area contributed by atoms with E-state index in [1.54, 1.807) is 0 Å². The fraction of sp³-hybridized carbons (Fsp3) is 0. The minimum atomic E-state index is 1.04. The fourth-order valence-electron chi connectivity index (χ4n) is 2.98. The van der Waals surface area contributed by atoms with E-state index in [1.165, 1.54) is 11.1 Å². The van der Waals surface area contributed by atoms with Crippen LogP contribution in [0.4, 0.5) is 22.7 Å². The Bertz CT molecular complexity index is 979. The second kappa shape index (κ2) is 7.58. The van der Waals surface area contributed by atoms with Crippen molar-refractivity contribution in [1.82, 2.24) is 0 Å². The second-order valence-corrected chi connectivity index (χ2v) is 6.07. The number of anilines is 4. The van der Waals surface area contributed by atoms with E-state index in [4.69, 9.17) is 0 Å². The molecular formula is C24H20N2. The van der Waals surface area contributed by atoms with E-state index in [9.17, 15) is 0 Å². The first-order valence-corrected chi connectivity index (χ1v) is 8.73. The Morgan fingerprint density at radius 1 is 0.385 bits per heavy atom. The molecule has 0 saturated carbocycles. The van der Waals surface area contributed by atoms with Gasteiger partial charge in [0.1, 0.15) is 0 Å². The predicted molar refractivity (Wildman–Crippen MR) is 111 cm³/mol. The van der Waals surface area contributed by atoms with Crippen molar-refractivity contribution in [1.29, 1.82) is 0 Å². The van der Waals surface area contributed by atoms with E-state index in [1.807, 2.05) is 36.4 Å². The number of para-hydroxylation sites is 4. The van der Waals surface area contributed by atoms with Gasteiger partial charge in [0.15, 0.2) is 0 Å². The summed E-state index contributed by atoms with van der Waals surface area (Å²) in [6.45, 7) is 0. The van der Waals surface area contributed by atoms with Crippen LogP contribution >= 0.6 is 0 Å². The molecule has 0 heterocycles. The highest BCUT2D eigenvalue weighted by Gasteiger charge is 2.07. The van der Waals surface area contributed by atoms with Gasteiger partial charge in [-0.1, -0.05) is 78.9 Å². The standard InChI is InChI=1S/C24H20N2/c1-3-11-19(12-4-1)21-15-7-8-16-22(21)26-24-18-10-9-17-23(24)25-20-13-5-2-6-14-20/h1-18,25-26H. The predicted octanol–water partition coefficient (Wildman–Crippen LogP) is 6.84. The molecule has 26 heavy (non-hydrogen) atoms. The van der Waals surface area contributed by atoms with Crippen molar-refractivity contribution in [2.45, 2.75) is 0 Å². The molecule has 0 fully saturated rings. The van der Waals surface area contributed by atoms with Gasteiger partial charge in [0, 0.05) is 16.9 Å². The third-order valence-electron chi connectivity index (χ3n) is 4.26. The minimum Gasteiger partial charge on any atom is -0.354 e. The maximum Gasteiger partial charge on any atom is 0.0623 e. The molecule has 4 rings (SSSR count). The van der Waals surface area contributed by atoms with Crippen molar-refractivity contribution in [2.75, 3.05) is 10.6 Å². The van der Waals surface area contributed by atoms with Crippen molar-refractivity contribution < 1.29 is 0 Å². The molecule has 0 atom stereocenters. The van der Waals surface area contributed by atoms with Crippen LogP contribution in [-0.4, -0.2) is 0 Å². The number of nitrogens with one attached hydrogen (secondary N) is 2. The molecule has 2 N–H and O–H groups in total. The number of rotatable bonds is 5. The van der Waals surface area contributed by atoms with Gasteiger partial charge in [-0.3, -0.25) is 0 Å². The lowest BCUT2D eigenvalue weighted by molar-refractivity contribution is 1.50. The van der Waals surface area contributed by atoms with Gasteiger partial charge in [-0.25, -0.2) is 0 Å². The van der Waals surface area contributed by atoms with Crippen LogP contribution in [0.5, 0.6) is 0 Å². The number of hydrogen-bond acceptors (Lipinski definition) is 2. The summed E-state index contributed by atoms with van der Waals surface area (Å²) in [5.74, 6) is 0. The van der Waals surface area contributed by atoms with Crippen molar-refractivity contribution in [3.63, 3.8) is 0 Å². The third-order valence-corrected chi connectivity index (χ3v) is 4.26. The van der Waals surface area contributed by atoms with Gasteiger partial charge in [0.05, 0.1) is 11.4 Å². The Morgan fingerprint density at radius 3 is 1.58 bits per heavy atom. The van der Waals surface area contributed by atoms with E-state index in [-0.39, 0.29) is 0 Å². The second-order valence-electron chi connectivity index (χ2n) is 6.07. The van der Waals surface area contributed by atoms with Crippen molar-refractivity contribution in [3.05, 3.63) is 109 Å². The van der Waals surface area contributed by atoms with Crippen molar-refractivity contribution >= 4 is 22.7 Å². The van der Waals surface area contributed by atoms with Crippen LogP contribution in [0, 0.1) is 0 Å². The monoisotopic (exact) mass is 336 g/mol. The molecule has 2 nitrogen and oxygen atoms in total. The van der Waals surface area contributed by atoms with Crippen LogP contribution in [0.3, 0.4) is 0 Å². The van der Waals surface area contributed by atoms with Gasteiger partial charge >= 0.3 is 0 Å². The van der Waals surface area contributed by atoms with E-state index in [0.29, 0.717) is 0 Å². The zero-order chi connectivity index (χ0) is 17.6. The fourth-order valence-corrected chi connectivity index (χ4v) is 2.98. The third kappa shape index (κ3) is 3.60. The smallest absolute Gasteiger partial charge is 0.0623 e. The van der Waals surface area contributed by atoms with Crippen molar-refractivity contribution in [2.24, 2.45) is 0 Å². The zero-order valence-electron chi connectivity index (χ0n) is 14.4. The summed E-state index contributed by atoms with van der Waals surface area (Å²) < 4.78 is 0. The van der Waals surface area contributed by atoms with Crippen LogP contribution in [0.1, 0.15) is 0 Å². The summed E-state index contributed by atoms with van der Waals surface area (Å²) in [4.78, 5) is 0. The largest absolute Gasteiger partial charge is 0.354 e. The Hall–Kier alpha value is -3.52. The molecule has 0 spiro atoms. The molecular weight excluding hydrogens is 316 g/mol. The molecule has 0 unspecified atom stereocenters. The topological polar surface area (TPSA) is 24.1 Å². The molecule has 0 aliphatic rings. The molecule has 0 aliphatic carbocycles. The number of benzene rings is 4. The van der Waals surface area contributed by atoms with Gasteiger partial charge in [-0.2, -0.15) is 0 Å². The van der Waals surface area contributed by atoms with Gasteiger partial charge < -0.3 is 10.6 Å². The molecule has 0 amide bonds. The first-order chi connectivity index (χ1) is 12.9. The van der Waals surface area contributed by atoms with Gasteiger partial charge in [-0.15, -0.1) is 0 Å². The Labute approximate surface area is 154 Å². The van der Waals surface area contributed by atoms with Gasteiger partial charge in [-0.05, 0) is 35.9 Å². The highest BCUT2D eigenvalue weighted by molar-refractivity contribution is 5.85. The average Bonchev–Trinajstić information content (AvgIpc) is 2.71. The van der Waals surface area contributed by atoms with Crippen LogP contribution < -0.4 is 10.6 Å². The van der Waals surface area contributed by atoms with E-state index in [0.717, 1.165) is 22.7 Å². The summed E-state index contributed by atoms with van der Waals surface area (Å²) >= 11 is 0. The Balaban J connectivity index is 1.67. The maximum atomic E-state index is 3.60. The molecule has 2 heteroatoms. The molecule has 0 radical (unpaired) electrons. The van der Waals surface area contributed by atoms with E-state index in [2.05, 4.69) is 83.4 Å². The van der Waals surface area contributed by atoms with Crippen molar-refractivity contribution in [3.8, 4) is 11.1 Å². The lowest BCUT2D eigenvalue weighted by Gasteiger charge is -2.16. The summed E-state index contributed by atoms with van der Waals surface area (Å²) in [6, 6.07) is 37.3. The highest BCUT2D eigenvalue weighted by Crippen LogP contribution is 2.33. The van der Waals surface area contributed by atoms with Gasteiger partial charge in [0.2, 0.25) is 0 Å². The Kier molecular flexibility index (Phi) is 4.66. The molecule has 0 aliphatic heterocycles. The van der Waals surface area contributed by atoms with Crippen LogP contribution in [0.2, 0.25) is 0 Å². The first kappa shape index (κ1) is 16.0. The zero-order valence-corrected chi connectivity index (χ0v) is 14.4. The highest BCUT2D eigenvalue weighted by atomic mass is 15.0. The molecule has 4 aromatic rings. The summed E-state index contributed by atoms with van der Waals surface area (Å²) in [6.07, 6.45) is 0. The average molecular weight is 336 g/mol. The SMILES string of the molecule is c1ccc(Nc2ccccc2Nc2ccccc2-c2ccccc2)cc1. The van der Waals surface area contributed by atoms with Crippen LogP contribution in [0.15, 0.2) is 109 Å². The van der Waals surface area contributed by atoms with Gasteiger partial charge in [0.25, 0.3) is 0 Å². The van der Waals surface area contributed by atoms with Crippen LogP contribution in [-0.2, 0) is 0 Å². The summed E-state index contributed by atoms with van der Waals surface area (Å²) in [5.41, 5.74) is 6.62. The summed E-state index contributed by atoms with van der Waals surface area (Å²) in [7, 11) is 0. The molecule has 0 bridgehead atoms.